The van der Waals surface area contributed by atoms with E-state index in [0.29, 0.717) is 50.4 Å². The highest BCUT2D eigenvalue weighted by molar-refractivity contribution is 6.34. The van der Waals surface area contributed by atoms with Crippen molar-refractivity contribution in [1.82, 2.24) is 20.2 Å². The number of halogens is 3. The minimum Gasteiger partial charge on any atom is -0.349 e. The highest BCUT2D eigenvalue weighted by Gasteiger charge is 2.22. The molecule has 2 aromatic carbocycles. The van der Waals surface area contributed by atoms with E-state index in [2.05, 4.69) is 30.8 Å². The summed E-state index contributed by atoms with van der Waals surface area (Å²) < 4.78 is 26.5. The Balaban J connectivity index is 1.30. The zero-order valence-corrected chi connectivity index (χ0v) is 20.4. The molecule has 1 aliphatic heterocycles. The number of benzene rings is 2. The number of alkyl halides is 1. The third-order valence-corrected chi connectivity index (χ3v) is 6.20. The van der Waals surface area contributed by atoms with E-state index in [1.165, 1.54) is 12.4 Å². The van der Waals surface area contributed by atoms with Crippen LogP contribution in [0.1, 0.15) is 44.2 Å². The van der Waals surface area contributed by atoms with Crippen molar-refractivity contribution in [3.8, 4) is 0 Å². The van der Waals surface area contributed by atoms with Gasteiger partial charge in [0.2, 0.25) is 0 Å². The van der Waals surface area contributed by atoms with Crippen molar-refractivity contribution in [3.63, 3.8) is 0 Å². The minimum atomic E-state index is -0.757. The first-order valence-electron chi connectivity index (χ1n) is 11.7. The molecule has 0 unspecified atom stereocenters. The van der Waals surface area contributed by atoms with Gasteiger partial charge in [-0.3, -0.25) is 14.4 Å². The molecule has 37 heavy (non-hydrogen) atoms. The molecule has 3 amide bonds. The molecule has 1 aromatic heterocycles. The van der Waals surface area contributed by atoms with Crippen LogP contribution in [0.3, 0.4) is 0 Å². The number of imidazole rings is 1. The third-order valence-electron chi connectivity index (χ3n) is 5.89. The summed E-state index contributed by atoms with van der Waals surface area (Å²) >= 11 is 5.93. The van der Waals surface area contributed by atoms with Crippen molar-refractivity contribution in [1.29, 1.82) is 0 Å². The van der Waals surface area contributed by atoms with Gasteiger partial charge in [0.15, 0.2) is 5.69 Å². The molecule has 1 saturated heterocycles. The number of carbonyl (C=O) groups is 3. The fourth-order valence-electron chi connectivity index (χ4n) is 3.88. The van der Waals surface area contributed by atoms with Gasteiger partial charge in [0.1, 0.15) is 17.7 Å². The van der Waals surface area contributed by atoms with Crippen LogP contribution in [0, 0.1) is 5.82 Å². The summed E-state index contributed by atoms with van der Waals surface area (Å²) in [5.41, 5.74) is 0.917. The Labute approximate surface area is 216 Å². The van der Waals surface area contributed by atoms with Crippen LogP contribution in [0.2, 0.25) is 5.02 Å². The van der Waals surface area contributed by atoms with Crippen molar-refractivity contribution in [3.05, 3.63) is 76.6 Å². The fourth-order valence-corrected chi connectivity index (χ4v) is 4.13. The number of rotatable bonds is 8. The van der Waals surface area contributed by atoms with Gasteiger partial charge in [-0.05, 0) is 55.3 Å². The molecule has 1 aliphatic rings. The maximum absolute atomic E-state index is 13.3. The lowest BCUT2D eigenvalue weighted by atomic mass is 10.1. The number of aromatic amines is 1. The third kappa shape index (κ3) is 6.89. The fraction of sp³-hybridized carbons (Fsp3) is 0.280. The number of aromatic nitrogens is 2. The van der Waals surface area contributed by atoms with Crippen molar-refractivity contribution in [2.45, 2.75) is 19.0 Å². The van der Waals surface area contributed by atoms with Gasteiger partial charge in [-0.2, -0.15) is 0 Å². The van der Waals surface area contributed by atoms with Crippen LogP contribution in [-0.2, 0) is 0 Å². The highest BCUT2D eigenvalue weighted by atomic mass is 35.5. The lowest BCUT2D eigenvalue weighted by Crippen LogP contribution is -2.40. The summed E-state index contributed by atoms with van der Waals surface area (Å²) in [6.07, 6.45) is 1.49. The molecule has 194 valence electrons. The molecule has 4 rings (SSSR count). The predicted octanol–water partition coefficient (Wildman–Crippen LogP) is 3.87. The van der Waals surface area contributed by atoms with Crippen LogP contribution >= 0.6 is 11.6 Å². The zero-order valence-electron chi connectivity index (χ0n) is 19.7. The predicted molar refractivity (Wildman–Crippen MR) is 135 cm³/mol. The Morgan fingerprint density at radius 2 is 1.65 bits per heavy atom. The Morgan fingerprint density at radius 3 is 2.30 bits per heavy atom. The maximum Gasteiger partial charge on any atom is 0.276 e. The van der Waals surface area contributed by atoms with E-state index in [4.69, 9.17) is 11.6 Å². The number of amides is 3. The van der Waals surface area contributed by atoms with E-state index >= 15 is 0 Å². The van der Waals surface area contributed by atoms with Crippen LogP contribution in [0.5, 0.6) is 0 Å². The highest BCUT2D eigenvalue weighted by Crippen LogP contribution is 2.20. The van der Waals surface area contributed by atoms with E-state index in [0.717, 1.165) is 12.1 Å². The molecule has 9 nitrogen and oxygen atoms in total. The molecule has 0 atom stereocenters. The van der Waals surface area contributed by atoms with Crippen LogP contribution in [0.4, 0.5) is 20.2 Å². The summed E-state index contributed by atoms with van der Waals surface area (Å²) in [6.45, 7) is 2.24. The van der Waals surface area contributed by atoms with Gasteiger partial charge >= 0.3 is 0 Å². The quantitative estimate of drug-likeness (QED) is 0.352. The number of piperidine rings is 1. The number of anilines is 2. The lowest BCUT2D eigenvalue weighted by Gasteiger charge is -2.28. The van der Waals surface area contributed by atoms with Crippen molar-refractivity contribution >= 4 is 40.7 Å². The number of carbonyl (C=O) groups excluding carboxylic acids is 3. The number of H-pyrrole nitrogens is 1. The van der Waals surface area contributed by atoms with Gasteiger partial charge in [0.05, 0.1) is 16.9 Å². The molecular weight excluding hydrogens is 506 g/mol. The number of hydrogen-bond acceptors (Lipinski definition) is 5. The topological polar surface area (TPSA) is 119 Å². The van der Waals surface area contributed by atoms with Crippen LogP contribution < -0.4 is 16.0 Å². The molecule has 0 spiro atoms. The van der Waals surface area contributed by atoms with Crippen molar-refractivity contribution in [2.24, 2.45) is 0 Å². The Hall–Kier alpha value is -3.83. The SMILES string of the molecule is O=C(Nc1ccc(NC(=O)c2nc[nH]c2C(=O)NCCN2CCC(F)CC2)cc1)c1ccc(F)cc1Cl. The largest absolute Gasteiger partial charge is 0.349 e. The Bertz CT molecular complexity index is 1280. The van der Waals surface area contributed by atoms with Crippen molar-refractivity contribution in [2.75, 3.05) is 36.8 Å². The number of likely N-dealkylation sites (tertiary alicyclic amines) is 1. The molecule has 12 heteroatoms. The van der Waals surface area contributed by atoms with E-state index in [1.54, 1.807) is 24.3 Å². The van der Waals surface area contributed by atoms with Crippen LogP contribution in [-0.4, -0.2) is 64.9 Å². The standard InChI is InChI=1S/C25H25ClF2N6O3/c26-20-13-16(28)1-6-19(20)23(35)32-17-2-4-18(5-3-17)33-25(37)22-21(30-14-31-22)24(36)29-9-12-34-10-7-15(27)8-11-34/h1-6,13-15H,7-12H2,(H,29,36)(H,30,31)(H,32,35)(H,33,37). The van der Waals surface area contributed by atoms with Gasteiger partial charge in [-0.25, -0.2) is 13.8 Å². The van der Waals surface area contributed by atoms with Gasteiger partial charge in [-0.15, -0.1) is 0 Å². The van der Waals surface area contributed by atoms with Crippen LogP contribution in [0.25, 0.3) is 0 Å². The summed E-state index contributed by atoms with van der Waals surface area (Å²) in [7, 11) is 0. The summed E-state index contributed by atoms with van der Waals surface area (Å²) in [4.78, 5) is 46.4. The minimum absolute atomic E-state index is 0.0123. The Morgan fingerprint density at radius 1 is 1.00 bits per heavy atom. The molecule has 3 aromatic rings. The van der Waals surface area contributed by atoms with E-state index < -0.39 is 29.7 Å². The maximum atomic E-state index is 13.3. The molecular formula is C25H25ClF2N6O3. The van der Waals surface area contributed by atoms with Crippen LogP contribution in [0.15, 0.2) is 48.8 Å². The van der Waals surface area contributed by atoms with E-state index in [9.17, 15) is 23.2 Å². The molecule has 1 fully saturated rings. The number of nitrogens with zero attached hydrogens (tertiary/aromatic N) is 2. The normalized spacial score (nSPS) is 14.2. The summed E-state index contributed by atoms with van der Waals surface area (Å²) in [5, 5.41) is 8.04. The summed E-state index contributed by atoms with van der Waals surface area (Å²) in [5.74, 6) is -2.12. The first kappa shape index (κ1) is 26.2. The first-order chi connectivity index (χ1) is 17.8. The van der Waals surface area contributed by atoms with E-state index in [-0.39, 0.29) is 22.0 Å². The van der Waals surface area contributed by atoms with Gasteiger partial charge in [0.25, 0.3) is 17.7 Å². The average Bonchev–Trinajstić information content (AvgIpc) is 3.37. The summed E-state index contributed by atoms with van der Waals surface area (Å²) in [6, 6.07) is 9.73. The van der Waals surface area contributed by atoms with Gasteiger partial charge < -0.3 is 25.8 Å². The second-order valence-corrected chi connectivity index (χ2v) is 8.92. The monoisotopic (exact) mass is 530 g/mol. The number of hydrogen-bond donors (Lipinski definition) is 4. The second kappa shape index (κ2) is 11.9. The molecule has 0 saturated carbocycles. The molecule has 0 radical (unpaired) electrons. The smallest absolute Gasteiger partial charge is 0.276 e. The molecule has 0 bridgehead atoms. The number of nitrogens with one attached hydrogen (secondary N) is 4. The average molecular weight is 531 g/mol. The van der Waals surface area contributed by atoms with Gasteiger partial charge in [0, 0.05) is 37.6 Å². The molecule has 0 aliphatic carbocycles. The van der Waals surface area contributed by atoms with Gasteiger partial charge in [-0.1, -0.05) is 11.6 Å². The second-order valence-electron chi connectivity index (χ2n) is 8.51. The zero-order chi connectivity index (χ0) is 26.4. The first-order valence-corrected chi connectivity index (χ1v) is 12.0. The lowest BCUT2D eigenvalue weighted by molar-refractivity contribution is 0.0924. The molecule has 4 N–H and O–H groups in total. The molecule has 2 heterocycles. The van der Waals surface area contributed by atoms with E-state index in [1.807, 2.05) is 0 Å². The Kier molecular flexibility index (Phi) is 8.47. The van der Waals surface area contributed by atoms with Crippen molar-refractivity contribution < 1.29 is 23.2 Å².